The number of carbonyl (C=O) groups excluding carboxylic acids is 2. The average molecular weight is 549 g/mol. The van der Waals surface area contributed by atoms with Crippen molar-refractivity contribution in [3.05, 3.63) is 22.7 Å². The molecule has 202 valence electrons. The van der Waals surface area contributed by atoms with E-state index in [0.29, 0.717) is 19.5 Å². The van der Waals surface area contributed by atoms with E-state index in [0.717, 1.165) is 11.5 Å². The van der Waals surface area contributed by atoms with E-state index in [9.17, 15) is 18.0 Å². The normalized spacial score (nSPS) is 18.4. The van der Waals surface area contributed by atoms with Crippen LogP contribution in [0.3, 0.4) is 0 Å². The zero-order valence-electron chi connectivity index (χ0n) is 21.3. The van der Waals surface area contributed by atoms with Crippen molar-refractivity contribution in [1.82, 2.24) is 9.96 Å². The number of halogens is 1. The number of amides is 2. The Bertz CT molecular complexity index is 1110. The van der Waals surface area contributed by atoms with Crippen molar-refractivity contribution in [2.45, 2.75) is 46.6 Å². The van der Waals surface area contributed by atoms with Gasteiger partial charge in [-0.1, -0.05) is 39.3 Å². The van der Waals surface area contributed by atoms with E-state index in [-0.39, 0.29) is 41.3 Å². The second kappa shape index (κ2) is 10.6. The Balaban J connectivity index is 1.63. The molecule has 13 heteroatoms. The molecule has 11 nitrogen and oxygen atoms in total. The summed E-state index contributed by atoms with van der Waals surface area (Å²) in [5.41, 5.74) is -1.51. The molecule has 0 N–H and O–H groups in total. The average Bonchev–Trinajstić information content (AvgIpc) is 3.03. The monoisotopic (exact) mass is 548 g/mol. The summed E-state index contributed by atoms with van der Waals surface area (Å²) in [6.45, 7) is 7.81. The molecule has 0 aliphatic carbocycles. The summed E-state index contributed by atoms with van der Waals surface area (Å²) in [5.74, 6) is -0.343. The predicted molar refractivity (Wildman–Crippen MR) is 130 cm³/mol. The lowest BCUT2D eigenvalue weighted by Crippen LogP contribution is -2.42. The number of hydrogen-bond donors (Lipinski definition) is 0. The van der Waals surface area contributed by atoms with Crippen LogP contribution in [0.4, 0.5) is 4.79 Å². The van der Waals surface area contributed by atoms with Crippen LogP contribution in [0.25, 0.3) is 0 Å². The first-order valence-electron chi connectivity index (χ1n) is 11.5. The fourth-order valence-corrected chi connectivity index (χ4v) is 4.96. The molecule has 2 saturated heterocycles. The van der Waals surface area contributed by atoms with Gasteiger partial charge < -0.3 is 19.1 Å². The number of piperidine rings is 1. The maximum absolute atomic E-state index is 12.9. The van der Waals surface area contributed by atoms with Gasteiger partial charge in [0.1, 0.15) is 11.3 Å². The van der Waals surface area contributed by atoms with Crippen molar-refractivity contribution in [2.75, 3.05) is 40.5 Å². The van der Waals surface area contributed by atoms with Gasteiger partial charge in [0.25, 0.3) is 0 Å². The van der Waals surface area contributed by atoms with Crippen molar-refractivity contribution in [2.24, 2.45) is 10.8 Å². The van der Waals surface area contributed by atoms with E-state index in [1.54, 1.807) is 24.8 Å². The summed E-state index contributed by atoms with van der Waals surface area (Å²) < 4.78 is 51.3. The first-order valence-corrected chi connectivity index (χ1v) is 13.2. The van der Waals surface area contributed by atoms with Crippen LogP contribution in [0.5, 0.6) is 11.5 Å². The molecule has 0 spiro atoms. The molecular formula is C23H33ClN2O9S. The molecule has 2 amide bonds. The maximum atomic E-state index is 12.9. The van der Waals surface area contributed by atoms with E-state index < -0.39 is 33.2 Å². The molecule has 0 saturated carbocycles. The first kappa shape index (κ1) is 28.3. The second-order valence-electron chi connectivity index (χ2n) is 10.1. The molecule has 3 rings (SSSR count). The zero-order chi connectivity index (χ0) is 26.9. The summed E-state index contributed by atoms with van der Waals surface area (Å²) in [5, 5.41) is 1.11. The lowest BCUT2D eigenvalue weighted by atomic mass is 9.69. The van der Waals surface area contributed by atoms with Crippen LogP contribution in [-0.4, -0.2) is 76.9 Å². The van der Waals surface area contributed by atoms with Gasteiger partial charge in [-0.15, -0.1) is 4.28 Å². The first-order chi connectivity index (χ1) is 16.7. The fraction of sp³-hybridized carbons (Fsp3) is 0.652. The van der Waals surface area contributed by atoms with E-state index >= 15 is 0 Å². The third kappa shape index (κ3) is 5.82. The molecule has 0 radical (unpaired) electrons. The summed E-state index contributed by atoms with van der Waals surface area (Å²) in [7, 11) is -1.72. The van der Waals surface area contributed by atoms with Gasteiger partial charge in [-0.2, -0.15) is 13.5 Å². The highest BCUT2D eigenvalue weighted by Crippen LogP contribution is 2.41. The summed E-state index contributed by atoms with van der Waals surface area (Å²) in [6, 6.07) is 2.27. The number of benzene rings is 1. The second-order valence-corrected chi connectivity index (χ2v) is 11.7. The SMILES string of the molecule is COc1ccc(Cl)c(OC)c1C(=O)OCC(C)(C)C(C)(C)COS(=O)(=O)ON1C(=O)N2CCC[C@@H]1C2. The number of ether oxygens (including phenoxy) is 3. The number of nitrogens with zero attached hydrogens (tertiary/aromatic N) is 2. The number of urea groups is 1. The van der Waals surface area contributed by atoms with Crippen molar-refractivity contribution < 1.29 is 40.7 Å². The standard InChI is InChI=1S/C23H33ClN2O9S/c1-22(2,13-33-20(27)18-17(31-5)10-9-16(24)19(18)32-6)23(3,4)14-34-36(29,30)35-26-15-8-7-11-25(12-15)21(26)28/h9-10,15H,7-8,11-14H2,1-6H3/t15-/m1/s1. The van der Waals surface area contributed by atoms with E-state index in [2.05, 4.69) is 0 Å². The smallest absolute Gasteiger partial charge is 0.421 e. The summed E-state index contributed by atoms with van der Waals surface area (Å²) in [4.78, 5) is 26.8. The Morgan fingerprint density at radius 3 is 2.39 bits per heavy atom. The largest absolute Gasteiger partial charge is 0.496 e. The minimum absolute atomic E-state index is 0.0459. The molecule has 2 bridgehead atoms. The topological polar surface area (TPSA) is 121 Å². The van der Waals surface area contributed by atoms with Gasteiger partial charge in [-0.3, -0.25) is 0 Å². The van der Waals surface area contributed by atoms with Crippen LogP contribution in [0.15, 0.2) is 12.1 Å². The van der Waals surface area contributed by atoms with Crippen LogP contribution < -0.4 is 9.47 Å². The number of rotatable bonds is 11. The maximum Gasteiger partial charge on any atom is 0.421 e. The number of methoxy groups -OCH3 is 2. The molecule has 36 heavy (non-hydrogen) atoms. The van der Waals surface area contributed by atoms with Gasteiger partial charge in [0.2, 0.25) is 0 Å². The number of carbonyl (C=O) groups is 2. The molecular weight excluding hydrogens is 516 g/mol. The molecule has 0 aromatic heterocycles. The highest BCUT2D eigenvalue weighted by atomic mass is 35.5. The van der Waals surface area contributed by atoms with E-state index in [1.165, 1.54) is 20.3 Å². The molecule has 1 aromatic rings. The van der Waals surface area contributed by atoms with Crippen LogP contribution in [0.1, 0.15) is 50.9 Å². The quantitative estimate of drug-likeness (QED) is 0.381. The molecule has 2 aliphatic rings. The highest BCUT2D eigenvalue weighted by Gasteiger charge is 2.45. The van der Waals surface area contributed by atoms with Crippen molar-refractivity contribution in [3.63, 3.8) is 0 Å². The third-order valence-corrected chi connectivity index (χ3v) is 8.07. The predicted octanol–water partition coefficient (Wildman–Crippen LogP) is 3.66. The fourth-order valence-electron chi connectivity index (χ4n) is 3.86. The molecule has 2 fully saturated rings. The van der Waals surface area contributed by atoms with Gasteiger partial charge in [-0.25, -0.2) is 13.8 Å². The molecule has 1 aromatic carbocycles. The van der Waals surface area contributed by atoms with Gasteiger partial charge in [0, 0.05) is 18.5 Å². The van der Waals surface area contributed by atoms with Gasteiger partial charge >= 0.3 is 22.4 Å². The molecule has 2 heterocycles. The Morgan fingerprint density at radius 2 is 1.78 bits per heavy atom. The van der Waals surface area contributed by atoms with E-state index in [4.69, 9.17) is 34.3 Å². The Labute approximate surface area is 216 Å². The van der Waals surface area contributed by atoms with Gasteiger partial charge in [0.05, 0.1) is 38.5 Å². The number of fused-ring (bicyclic) bond motifs is 2. The summed E-state index contributed by atoms with van der Waals surface area (Å²) in [6.07, 6.45) is 1.44. The van der Waals surface area contributed by atoms with Gasteiger partial charge in [-0.05, 0) is 30.4 Å². The zero-order valence-corrected chi connectivity index (χ0v) is 22.9. The molecule has 0 unspecified atom stereocenters. The van der Waals surface area contributed by atoms with Crippen molar-refractivity contribution >= 4 is 34.0 Å². The lowest BCUT2D eigenvalue weighted by molar-refractivity contribution is -0.0516. The Kier molecular flexibility index (Phi) is 8.33. The lowest BCUT2D eigenvalue weighted by Gasteiger charge is -2.40. The van der Waals surface area contributed by atoms with Crippen LogP contribution >= 0.6 is 11.6 Å². The third-order valence-electron chi connectivity index (χ3n) is 7.02. The van der Waals surface area contributed by atoms with Crippen LogP contribution in [-0.2, 0) is 23.6 Å². The minimum atomic E-state index is -4.50. The Morgan fingerprint density at radius 1 is 1.11 bits per heavy atom. The molecule has 1 atom stereocenters. The van der Waals surface area contributed by atoms with Crippen molar-refractivity contribution in [1.29, 1.82) is 0 Å². The number of hydroxylamine groups is 2. The highest BCUT2D eigenvalue weighted by molar-refractivity contribution is 7.81. The molecule has 2 aliphatic heterocycles. The minimum Gasteiger partial charge on any atom is -0.496 e. The van der Waals surface area contributed by atoms with E-state index in [1.807, 2.05) is 13.8 Å². The van der Waals surface area contributed by atoms with Crippen LogP contribution in [0.2, 0.25) is 5.02 Å². The van der Waals surface area contributed by atoms with Crippen LogP contribution in [0, 0.1) is 10.8 Å². The Hall–Kier alpha value is -2.28. The van der Waals surface area contributed by atoms with Crippen molar-refractivity contribution in [3.8, 4) is 11.5 Å². The van der Waals surface area contributed by atoms with Gasteiger partial charge in [0.15, 0.2) is 5.75 Å². The summed E-state index contributed by atoms with van der Waals surface area (Å²) >= 11 is 6.15. The number of esters is 1. The number of hydrogen-bond acceptors (Lipinski definition) is 9.